The van der Waals surface area contributed by atoms with Crippen LogP contribution >= 0.6 is 11.8 Å². The predicted octanol–water partition coefficient (Wildman–Crippen LogP) is 2.95. The van der Waals surface area contributed by atoms with E-state index < -0.39 is 0 Å². The fourth-order valence-corrected chi connectivity index (χ4v) is 3.42. The normalized spacial score (nSPS) is 10.8. The standard InChI is InChI=1S/C19H18N6O3S/c1-26-14-8-9-16(27-2)15(11-14)25-19(22-23-24-25)29-12-18-21-20-17(28-18)10-13-6-4-3-5-7-13/h3-9,11H,10,12H2,1-2H3. The molecular weight excluding hydrogens is 392 g/mol. The lowest BCUT2D eigenvalue weighted by atomic mass is 10.2. The molecule has 0 aliphatic carbocycles. The maximum absolute atomic E-state index is 5.75. The number of thioether (sulfide) groups is 1. The van der Waals surface area contributed by atoms with Gasteiger partial charge in [-0.3, -0.25) is 0 Å². The second kappa shape index (κ2) is 8.74. The van der Waals surface area contributed by atoms with Crippen molar-refractivity contribution in [3.8, 4) is 17.2 Å². The Bertz CT molecular complexity index is 1080. The van der Waals surface area contributed by atoms with E-state index in [0.29, 0.717) is 46.3 Å². The lowest BCUT2D eigenvalue weighted by molar-refractivity contribution is 0.399. The van der Waals surface area contributed by atoms with Gasteiger partial charge in [0.1, 0.15) is 17.2 Å². The molecule has 2 aromatic heterocycles. The Morgan fingerprint density at radius 1 is 0.966 bits per heavy atom. The second-order valence-electron chi connectivity index (χ2n) is 5.95. The van der Waals surface area contributed by atoms with Crippen LogP contribution in [0, 0.1) is 0 Å². The lowest BCUT2D eigenvalue weighted by Crippen LogP contribution is -2.02. The van der Waals surface area contributed by atoms with Crippen molar-refractivity contribution in [1.29, 1.82) is 0 Å². The molecule has 0 saturated carbocycles. The van der Waals surface area contributed by atoms with Crippen LogP contribution in [0.4, 0.5) is 0 Å². The highest BCUT2D eigenvalue weighted by Crippen LogP contribution is 2.30. The first kappa shape index (κ1) is 18.9. The molecule has 4 aromatic rings. The number of methoxy groups -OCH3 is 2. The van der Waals surface area contributed by atoms with Crippen LogP contribution in [0.5, 0.6) is 11.5 Å². The Labute approximate surface area is 171 Å². The number of ether oxygens (including phenoxy) is 2. The third kappa shape index (κ3) is 4.37. The van der Waals surface area contributed by atoms with Crippen molar-refractivity contribution >= 4 is 11.8 Å². The van der Waals surface area contributed by atoms with Gasteiger partial charge in [0, 0.05) is 6.07 Å². The van der Waals surface area contributed by atoms with Gasteiger partial charge >= 0.3 is 0 Å². The highest BCUT2D eigenvalue weighted by atomic mass is 32.2. The Hall–Kier alpha value is -3.40. The van der Waals surface area contributed by atoms with Crippen molar-refractivity contribution in [3.05, 3.63) is 65.9 Å². The minimum atomic E-state index is 0.439. The van der Waals surface area contributed by atoms with E-state index in [-0.39, 0.29) is 0 Å². The van der Waals surface area contributed by atoms with E-state index in [1.54, 1.807) is 25.0 Å². The van der Waals surface area contributed by atoms with Crippen LogP contribution in [-0.2, 0) is 12.2 Å². The largest absolute Gasteiger partial charge is 0.497 e. The predicted molar refractivity (Wildman–Crippen MR) is 105 cm³/mol. The molecule has 0 aliphatic heterocycles. The van der Waals surface area contributed by atoms with E-state index in [1.165, 1.54) is 11.8 Å². The molecule has 0 atom stereocenters. The minimum Gasteiger partial charge on any atom is -0.497 e. The van der Waals surface area contributed by atoms with Crippen molar-refractivity contribution in [2.45, 2.75) is 17.3 Å². The number of tetrazole rings is 1. The van der Waals surface area contributed by atoms with E-state index in [9.17, 15) is 0 Å². The summed E-state index contributed by atoms with van der Waals surface area (Å²) in [5.74, 6) is 2.82. The first-order valence-electron chi connectivity index (χ1n) is 8.75. The van der Waals surface area contributed by atoms with Gasteiger partial charge in [-0.15, -0.1) is 15.3 Å². The van der Waals surface area contributed by atoms with Gasteiger partial charge in [0.15, 0.2) is 0 Å². The maximum atomic E-state index is 5.75. The Morgan fingerprint density at radius 2 is 1.79 bits per heavy atom. The van der Waals surface area contributed by atoms with E-state index in [4.69, 9.17) is 13.9 Å². The van der Waals surface area contributed by atoms with Gasteiger partial charge in [-0.05, 0) is 28.1 Å². The van der Waals surface area contributed by atoms with Gasteiger partial charge in [0.05, 0.1) is 26.4 Å². The average Bonchev–Trinajstić information content (AvgIpc) is 3.41. The van der Waals surface area contributed by atoms with Gasteiger partial charge in [-0.1, -0.05) is 42.1 Å². The molecule has 2 heterocycles. The Morgan fingerprint density at radius 3 is 2.59 bits per heavy atom. The zero-order chi connectivity index (χ0) is 20.1. The molecule has 0 aliphatic rings. The molecule has 0 fully saturated rings. The summed E-state index contributed by atoms with van der Waals surface area (Å²) in [6.45, 7) is 0. The van der Waals surface area contributed by atoms with Crippen molar-refractivity contribution in [2.24, 2.45) is 0 Å². The van der Waals surface area contributed by atoms with Gasteiger partial charge < -0.3 is 13.9 Å². The number of hydrogen-bond donors (Lipinski definition) is 0. The number of benzene rings is 2. The summed E-state index contributed by atoms with van der Waals surface area (Å²) in [5, 5.41) is 20.8. The zero-order valence-electron chi connectivity index (χ0n) is 15.8. The molecule has 9 nitrogen and oxygen atoms in total. The molecule has 0 saturated heterocycles. The fraction of sp³-hybridized carbons (Fsp3) is 0.211. The minimum absolute atomic E-state index is 0.439. The molecule has 10 heteroatoms. The van der Waals surface area contributed by atoms with Crippen LogP contribution in [0.1, 0.15) is 17.3 Å². The summed E-state index contributed by atoms with van der Waals surface area (Å²) in [7, 11) is 3.19. The van der Waals surface area contributed by atoms with Gasteiger partial charge in [0.25, 0.3) is 0 Å². The summed E-state index contributed by atoms with van der Waals surface area (Å²) in [6.07, 6.45) is 0.594. The van der Waals surface area contributed by atoms with E-state index >= 15 is 0 Å². The molecule has 2 aromatic carbocycles. The molecule has 0 bridgehead atoms. The molecule has 4 rings (SSSR count). The van der Waals surface area contributed by atoms with E-state index in [0.717, 1.165) is 5.56 Å². The topological polar surface area (TPSA) is 101 Å². The second-order valence-corrected chi connectivity index (χ2v) is 6.89. The molecule has 148 valence electrons. The smallest absolute Gasteiger partial charge is 0.226 e. The van der Waals surface area contributed by atoms with Gasteiger partial charge in [-0.25, -0.2) is 0 Å². The molecule has 0 N–H and O–H groups in total. The molecule has 0 amide bonds. The van der Waals surface area contributed by atoms with Crippen LogP contribution in [0.3, 0.4) is 0 Å². The zero-order valence-corrected chi connectivity index (χ0v) is 16.7. The number of rotatable bonds is 8. The van der Waals surface area contributed by atoms with Crippen molar-refractivity contribution in [1.82, 2.24) is 30.4 Å². The molecule has 0 spiro atoms. The number of aromatic nitrogens is 6. The summed E-state index contributed by atoms with van der Waals surface area (Å²) in [6, 6.07) is 15.4. The third-order valence-corrected chi connectivity index (χ3v) is 4.99. The van der Waals surface area contributed by atoms with Crippen LogP contribution in [0.25, 0.3) is 5.69 Å². The van der Waals surface area contributed by atoms with Crippen LogP contribution < -0.4 is 9.47 Å². The molecule has 0 radical (unpaired) electrons. The Balaban J connectivity index is 1.48. The number of nitrogens with zero attached hydrogens (tertiary/aromatic N) is 6. The summed E-state index contributed by atoms with van der Waals surface area (Å²) in [4.78, 5) is 0. The molecule has 29 heavy (non-hydrogen) atoms. The summed E-state index contributed by atoms with van der Waals surface area (Å²) < 4.78 is 18.1. The number of hydrogen-bond acceptors (Lipinski definition) is 9. The van der Waals surface area contributed by atoms with E-state index in [1.807, 2.05) is 42.5 Å². The first-order chi connectivity index (χ1) is 14.3. The molecule has 0 unspecified atom stereocenters. The van der Waals surface area contributed by atoms with Crippen molar-refractivity contribution < 1.29 is 13.9 Å². The van der Waals surface area contributed by atoms with Crippen molar-refractivity contribution in [2.75, 3.05) is 14.2 Å². The monoisotopic (exact) mass is 410 g/mol. The summed E-state index contributed by atoms with van der Waals surface area (Å²) >= 11 is 1.39. The van der Waals surface area contributed by atoms with E-state index in [2.05, 4.69) is 25.7 Å². The maximum Gasteiger partial charge on any atom is 0.226 e. The van der Waals surface area contributed by atoms with Gasteiger partial charge in [0.2, 0.25) is 16.9 Å². The SMILES string of the molecule is COc1ccc(OC)c(-n2nnnc2SCc2nnc(Cc3ccccc3)o2)c1. The highest BCUT2D eigenvalue weighted by Gasteiger charge is 2.16. The molecular formula is C19H18N6O3S. The van der Waals surface area contributed by atoms with Crippen LogP contribution in [-0.4, -0.2) is 44.6 Å². The summed E-state index contributed by atoms with van der Waals surface area (Å²) in [5.41, 5.74) is 1.79. The lowest BCUT2D eigenvalue weighted by Gasteiger charge is -2.10. The fourth-order valence-electron chi connectivity index (χ4n) is 2.70. The Kier molecular flexibility index (Phi) is 5.71. The highest BCUT2D eigenvalue weighted by molar-refractivity contribution is 7.98. The van der Waals surface area contributed by atoms with Crippen molar-refractivity contribution in [3.63, 3.8) is 0 Å². The van der Waals surface area contributed by atoms with Crippen LogP contribution in [0.2, 0.25) is 0 Å². The average molecular weight is 410 g/mol. The van der Waals surface area contributed by atoms with Crippen LogP contribution in [0.15, 0.2) is 58.1 Å². The quantitative estimate of drug-likeness (QED) is 0.406. The van der Waals surface area contributed by atoms with Gasteiger partial charge in [-0.2, -0.15) is 4.68 Å². The first-order valence-corrected chi connectivity index (χ1v) is 9.74. The third-order valence-electron chi connectivity index (χ3n) is 4.09.